The van der Waals surface area contributed by atoms with E-state index in [0.29, 0.717) is 6.54 Å². The minimum Gasteiger partial charge on any atom is -0.326 e. The highest BCUT2D eigenvalue weighted by Crippen LogP contribution is 2.23. The second-order valence-corrected chi connectivity index (χ2v) is 4.59. The molecule has 0 saturated carbocycles. The normalized spacial score (nSPS) is 10.9. The zero-order chi connectivity index (χ0) is 12.6. The molecule has 0 radical (unpaired) electrons. The van der Waals surface area contributed by atoms with Gasteiger partial charge in [-0.3, -0.25) is 0 Å². The molecule has 2 aromatic rings. The van der Waals surface area contributed by atoms with Gasteiger partial charge in [0, 0.05) is 6.54 Å². The largest absolute Gasteiger partial charge is 0.326 e. The molecular formula is C13H16ClN3. The van der Waals surface area contributed by atoms with Crippen molar-refractivity contribution in [2.45, 2.75) is 27.3 Å². The predicted octanol–water partition coefficient (Wildman–Crippen LogP) is 2.91. The standard InChI is InChI=1S/C13H16ClN3/c1-8-6-12(5-4-11(8)7-15)17-10(3)13(14)9(2)16-17/h4-6H,7,15H2,1-3H3. The number of rotatable bonds is 2. The first kappa shape index (κ1) is 12.1. The lowest BCUT2D eigenvalue weighted by molar-refractivity contribution is 0.831. The van der Waals surface area contributed by atoms with Crippen molar-refractivity contribution >= 4 is 11.6 Å². The van der Waals surface area contributed by atoms with E-state index in [4.69, 9.17) is 17.3 Å². The Balaban J connectivity index is 2.53. The van der Waals surface area contributed by atoms with Crippen LogP contribution in [0, 0.1) is 20.8 Å². The number of aromatic nitrogens is 2. The van der Waals surface area contributed by atoms with Crippen molar-refractivity contribution in [1.29, 1.82) is 0 Å². The molecule has 0 bridgehead atoms. The van der Waals surface area contributed by atoms with Gasteiger partial charge < -0.3 is 5.73 Å². The van der Waals surface area contributed by atoms with Crippen LogP contribution >= 0.6 is 11.6 Å². The van der Waals surface area contributed by atoms with Crippen LogP contribution < -0.4 is 5.73 Å². The van der Waals surface area contributed by atoms with Crippen LogP contribution in [0.25, 0.3) is 5.69 Å². The smallest absolute Gasteiger partial charge is 0.0848 e. The van der Waals surface area contributed by atoms with Crippen LogP contribution in [-0.2, 0) is 6.54 Å². The molecule has 1 aromatic carbocycles. The molecular weight excluding hydrogens is 234 g/mol. The molecule has 0 saturated heterocycles. The lowest BCUT2D eigenvalue weighted by atomic mass is 10.1. The summed E-state index contributed by atoms with van der Waals surface area (Å²) in [7, 11) is 0. The molecule has 0 unspecified atom stereocenters. The van der Waals surface area contributed by atoms with Gasteiger partial charge in [-0.05, 0) is 44.0 Å². The number of nitrogens with two attached hydrogens (primary N) is 1. The third-order valence-corrected chi connectivity index (χ3v) is 3.54. The van der Waals surface area contributed by atoms with E-state index in [9.17, 15) is 0 Å². The van der Waals surface area contributed by atoms with Gasteiger partial charge in [0.25, 0.3) is 0 Å². The predicted molar refractivity (Wildman–Crippen MR) is 70.7 cm³/mol. The molecule has 1 heterocycles. The summed E-state index contributed by atoms with van der Waals surface area (Å²) >= 11 is 6.14. The summed E-state index contributed by atoms with van der Waals surface area (Å²) in [5.41, 5.74) is 10.8. The van der Waals surface area contributed by atoms with Crippen LogP contribution in [0.5, 0.6) is 0 Å². The summed E-state index contributed by atoms with van der Waals surface area (Å²) in [6.07, 6.45) is 0. The van der Waals surface area contributed by atoms with Crippen molar-refractivity contribution in [2.75, 3.05) is 0 Å². The highest BCUT2D eigenvalue weighted by atomic mass is 35.5. The van der Waals surface area contributed by atoms with Crippen molar-refractivity contribution in [3.05, 3.63) is 45.7 Å². The number of halogens is 1. The van der Waals surface area contributed by atoms with E-state index in [2.05, 4.69) is 18.1 Å². The molecule has 2 N–H and O–H groups in total. The molecule has 0 fully saturated rings. The Labute approximate surface area is 106 Å². The molecule has 0 aliphatic rings. The van der Waals surface area contributed by atoms with Gasteiger partial charge in [-0.1, -0.05) is 17.7 Å². The SMILES string of the molecule is Cc1cc(-n2nc(C)c(Cl)c2C)ccc1CN. The Bertz CT molecular complexity index is 558. The Morgan fingerprint density at radius 3 is 2.47 bits per heavy atom. The van der Waals surface area contributed by atoms with Crippen molar-refractivity contribution in [3.63, 3.8) is 0 Å². The third-order valence-electron chi connectivity index (χ3n) is 2.99. The molecule has 0 atom stereocenters. The van der Waals surface area contributed by atoms with E-state index < -0.39 is 0 Å². The van der Waals surface area contributed by atoms with Crippen LogP contribution in [-0.4, -0.2) is 9.78 Å². The molecule has 0 aliphatic carbocycles. The average Bonchev–Trinajstić information content (AvgIpc) is 2.57. The summed E-state index contributed by atoms with van der Waals surface area (Å²) in [4.78, 5) is 0. The van der Waals surface area contributed by atoms with Crippen LogP contribution in [0.1, 0.15) is 22.5 Å². The molecule has 3 nitrogen and oxygen atoms in total. The minimum atomic E-state index is 0.560. The molecule has 1 aromatic heterocycles. The van der Waals surface area contributed by atoms with Crippen molar-refractivity contribution < 1.29 is 0 Å². The van der Waals surface area contributed by atoms with Gasteiger partial charge in [0.1, 0.15) is 0 Å². The number of aryl methyl sites for hydroxylation is 2. The van der Waals surface area contributed by atoms with E-state index in [0.717, 1.165) is 27.7 Å². The Morgan fingerprint density at radius 1 is 1.29 bits per heavy atom. The van der Waals surface area contributed by atoms with Gasteiger partial charge in [0.2, 0.25) is 0 Å². The Kier molecular flexibility index (Phi) is 3.22. The fraction of sp³-hybridized carbons (Fsp3) is 0.308. The van der Waals surface area contributed by atoms with Gasteiger partial charge in [-0.2, -0.15) is 5.10 Å². The monoisotopic (exact) mass is 249 g/mol. The first-order chi connectivity index (χ1) is 8.04. The third kappa shape index (κ3) is 2.08. The molecule has 0 amide bonds. The van der Waals surface area contributed by atoms with Crippen LogP contribution in [0.4, 0.5) is 0 Å². The zero-order valence-corrected chi connectivity index (χ0v) is 11.0. The van der Waals surface area contributed by atoms with Crippen molar-refractivity contribution in [1.82, 2.24) is 9.78 Å². The van der Waals surface area contributed by atoms with Gasteiger partial charge in [-0.15, -0.1) is 0 Å². The fourth-order valence-electron chi connectivity index (χ4n) is 1.92. The number of hydrogen-bond acceptors (Lipinski definition) is 2. The quantitative estimate of drug-likeness (QED) is 0.890. The van der Waals surface area contributed by atoms with Crippen molar-refractivity contribution in [2.24, 2.45) is 5.73 Å². The molecule has 0 aliphatic heterocycles. The van der Waals surface area contributed by atoms with Crippen LogP contribution in [0.15, 0.2) is 18.2 Å². The van der Waals surface area contributed by atoms with E-state index in [-0.39, 0.29) is 0 Å². The molecule has 17 heavy (non-hydrogen) atoms. The second kappa shape index (κ2) is 4.51. The van der Waals surface area contributed by atoms with Crippen LogP contribution in [0.3, 0.4) is 0 Å². The lowest BCUT2D eigenvalue weighted by Crippen LogP contribution is -2.03. The molecule has 4 heteroatoms. The fourth-order valence-corrected chi connectivity index (χ4v) is 2.03. The Morgan fingerprint density at radius 2 is 2.00 bits per heavy atom. The Hall–Kier alpha value is -1.32. The van der Waals surface area contributed by atoms with Gasteiger partial charge in [0.15, 0.2) is 0 Å². The maximum atomic E-state index is 6.14. The summed E-state index contributed by atoms with van der Waals surface area (Å²) in [6.45, 7) is 6.49. The van der Waals surface area contributed by atoms with E-state index >= 15 is 0 Å². The van der Waals surface area contributed by atoms with E-state index in [1.807, 2.05) is 30.7 Å². The van der Waals surface area contributed by atoms with Crippen molar-refractivity contribution in [3.8, 4) is 5.69 Å². The second-order valence-electron chi connectivity index (χ2n) is 4.21. The lowest BCUT2D eigenvalue weighted by Gasteiger charge is -2.08. The summed E-state index contributed by atoms with van der Waals surface area (Å²) in [5, 5.41) is 5.16. The number of nitrogens with zero attached hydrogens (tertiary/aromatic N) is 2. The van der Waals surface area contributed by atoms with Crippen LogP contribution in [0.2, 0.25) is 5.02 Å². The zero-order valence-electron chi connectivity index (χ0n) is 10.3. The van der Waals surface area contributed by atoms with Gasteiger partial charge in [0.05, 0.1) is 22.1 Å². The van der Waals surface area contributed by atoms with Gasteiger partial charge in [-0.25, -0.2) is 4.68 Å². The summed E-state index contributed by atoms with van der Waals surface area (Å²) in [6, 6.07) is 6.14. The summed E-state index contributed by atoms with van der Waals surface area (Å²) in [5.74, 6) is 0. The van der Waals surface area contributed by atoms with Gasteiger partial charge >= 0.3 is 0 Å². The highest BCUT2D eigenvalue weighted by Gasteiger charge is 2.11. The maximum absolute atomic E-state index is 6.14. The molecule has 2 rings (SSSR count). The van der Waals surface area contributed by atoms with E-state index in [1.165, 1.54) is 5.56 Å². The molecule has 90 valence electrons. The summed E-state index contributed by atoms with van der Waals surface area (Å²) < 4.78 is 1.87. The maximum Gasteiger partial charge on any atom is 0.0848 e. The first-order valence-corrected chi connectivity index (χ1v) is 5.94. The topological polar surface area (TPSA) is 43.8 Å². The number of hydrogen-bond donors (Lipinski definition) is 1. The average molecular weight is 250 g/mol. The minimum absolute atomic E-state index is 0.560. The highest BCUT2D eigenvalue weighted by molar-refractivity contribution is 6.31. The number of benzene rings is 1. The van der Waals surface area contributed by atoms with E-state index in [1.54, 1.807) is 0 Å². The first-order valence-electron chi connectivity index (χ1n) is 5.56. The molecule has 0 spiro atoms.